The zero-order valence-corrected chi connectivity index (χ0v) is 19.1. The van der Waals surface area contributed by atoms with Gasteiger partial charge in [0.05, 0.1) is 24.9 Å². The average Bonchev–Trinajstić information content (AvgIpc) is 3.28. The van der Waals surface area contributed by atoms with E-state index in [0.717, 1.165) is 31.9 Å². The van der Waals surface area contributed by atoms with Crippen molar-refractivity contribution in [2.75, 3.05) is 18.1 Å². The van der Waals surface area contributed by atoms with Gasteiger partial charge in [0.25, 0.3) is 5.56 Å². The Morgan fingerprint density at radius 2 is 2.00 bits per heavy atom. The summed E-state index contributed by atoms with van der Waals surface area (Å²) in [5.41, 5.74) is -2.89. The van der Waals surface area contributed by atoms with Crippen molar-refractivity contribution in [3.05, 3.63) is 46.5 Å². The number of aromatic amines is 1. The van der Waals surface area contributed by atoms with E-state index in [9.17, 15) is 22.8 Å². The lowest BCUT2D eigenvalue weighted by Gasteiger charge is -2.29. The number of aromatic nitrogens is 3. The number of ether oxygens (including phenoxy) is 2. The van der Waals surface area contributed by atoms with Crippen LogP contribution < -0.4 is 20.5 Å². The van der Waals surface area contributed by atoms with Crippen LogP contribution in [-0.2, 0) is 15.7 Å². The predicted octanol–water partition coefficient (Wildman–Crippen LogP) is 3.02. The Kier molecular flexibility index (Phi) is 7.89. The Hall–Kier alpha value is -3.15. The van der Waals surface area contributed by atoms with Crippen molar-refractivity contribution in [3.8, 4) is 5.88 Å². The van der Waals surface area contributed by atoms with Crippen LogP contribution >= 0.6 is 0 Å². The van der Waals surface area contributed by atoms with E-state index in [1.54, 1.807) is 6.20 Å². The first-order valence-electron chi connectivity index (χ1n) is 11.7. The van der Waals surface area contributed by atoms with Gasteiger partial charge < -0.3 is 19.7 Å². The molecule has 4 rings (SSSR count). The number of nitrogens with one attached hydrogen (secondary N) is 2. The van der Waals surface area contributed by atoms with E-state index in [0.29, 0.717) is 25.3 Å². The van der Waals surface area contributed by atoms with Gasteiger partial charge in [-0.3, -0.25) is 9.59 Å². The number of H-pyrrole nitrogens is 1. The van der Waals surface area contributed by atoms with E-state index < -0.39 is 23.5 Å². The second-order valence-electron chi connectivity index (χ2n) is 8.70. The summed E-state index contributed by atoms with van der Waals surface area (Å²) in [7, 11) is 0. The summed E-state index contributed by atoms with van der Waals surface area (Å²) < 4.78 is 51.9. The van der Waals surface area contributed by atoms with Crippen LogP contribution in [0.15, 0.2) is 35.4 Å². The maximum Gasteiger partial charge on any atom is 0.423 e. The van der Waals surface area contributed by atoms with Gasteiger partial charge in [-0.15, -0.1) is 0 Å². The SMILES string of the molecule is O=C(CCOC1CCCN1c1cn[nH]c(=O)c1C(F)(F)F)NC1CCC(Oc2ccccn2)CC1. The summed E-state index contributed by atoms with van der Waals surface area (Å²) in [5.74, 6) is 0.425. The summed E-state index contributed by atoms with van der Waals surface area (Å²) in [6, 6.07) is 5.56. The molecule has 9 nitrogen and oxygen atoms in total. The molecule has 2 aromatic heterocycles. The predicted molar refractivity (Wildman–Crippen MR) is 120 cm³/mol. The van der Waals surface area contributed by atoms with Crippen LogP contribution in [0.25, 0.3) is 0 Å². The van der Waals surface area contributed by atoms with Crippen molar-refractivity contribution in [3.63, 3.8) is 0 Å². The van der Waals surface area contributed by atoms with E-state index in [-0.39, 0.29) is 36.8 Å². The molecule has 2 aromatic rings. The highest BCUT2D eigenvalue weighted by atomic mass is 19.4. The molecule has 1 saturated heterocycles. The smallest absolute Gasteiger partial charge is 0.423 e. The lowest BCUT2D eigenvalue weighted by atomic mass is 9.93. The number of carbonyl (C=O) groups is 1. The second-order valence-corrected chi connectivity index (χ2v) is 8.70. The molecular weight excluding hydrogens is 467 g/mol. The molecule has 3 heterocycles. The summed E-state index contributed by atoms with van der Waals surface area (Å²) in [5, 5.41) is 8.37. The van der Waals surface area contributed by atoms with Crippen molar-refractivity contribution in [1.82, 2.24) is 20.5 Å². The zero-order chi connectivity index (χ0) is 24.8. The number of pyridine rings is 1. The van der Waals surface area contributed by atoms with Gasteiger partial charge in [-0.25, -0.2) is 10.1 Å². The summed E-state index contributed by atoms with van der Waals surface area (Å²) in [6.45, 7) is 0.359. The van der Waals surface area contributed by atoms with E-state index >= 15 is 0 Å². The van der Waals surface area contributed by atoms with Crippen LogP contribution in [0.2, 0.25) is 0 Å². The quantitative estimate of drug-likeness (QED) is 0.579. The first kappa shape index (κ1) is 25.0. The Balaban J connectivity index is 1.22. The monoisotopic (exact) mass is 495 g/mol. The number of alkyl halides is 3. The van der Waals surface area contributed by atoms with Crippen molar-refractivity contribution in [2.24, 2.45) is 0 Å². The third-order valence-electron chi connectivity index (χ3n) is 6.23. The van der Waals surface area contributed by atoms with Crippen LogP contribution in [0.3, 0.4) is 0 Å². The van der Waals surface area contributed by atoms with Crippen molar-refractivity contribution in [1.29, 1.82) is 0 Å². The van der Waals surface area contributed by atoms with Gasteiger partial charge in [-0.1, -0.05) is 6.07 Å². The number of hydrogen-bond donors (Lipinski definition) is 2. The molecule has 1 aliphatic carbocycles. The normalized spacial score (nSPS) is 22.7. The molecule has 0 aromatic carbocycles. The number of anilines is 1. The lowest BCUT2D eigenvalue weighted by Crippen LogP contribution is -2.40. The highest BCUT2D eigenvalue weighted by Crippen LogP contribution is 2.36. The molecular formula is C23H28F3N5O4. The molecule has 1 unspecified atom stereocenters. The molecule has 1 aliphatic heterocycles. The van der Waals surface area contributed by atoms with Crippen LogP contribution in [0.4, 0.5) is 18.9 Å². The molecule has 1 atom stereocenters. The number of hydrogen-bond acceptors (Lipinski definition) is 7. The molecule has 0 bridgehead atoms. The largest absolute Gasteiger partial charge is 0.474 e. The Morgan fingerprint density at radius 3 is 2.71 bits per heavy atom. The fourth-order valence-corrected chi connectivity index (χ4v) is 4.57. The maximum atomic E-state index is 13.4. The standard InChI is InChI=1S/C23H28F3N5O4/c24-23(25,26)21-17(14-28-30-22(21)33)31-12-3-5-20(31)34-13-10-18(32)29-15-6-8-16(9-7-15)35-19-4-1-2-11-27-19/h1-2,4,11,14-16,20H,3,5-10,12-13H2,(H,29,32)(H,30,33). The van der Waals surface area contributed by atoms with Gasteiger partial charge in [0.1, 0.15) is 17.9 Å². The third-order valence-corrected chi connectivity index (χ3v) is 6.23. The molecule has 2 aliphatic rings. The van der Waals surface area contributed by atoms with Crippen molar-refractivity contribution in [2.45, 2.75) is 69.5 Å². The molecule has 35 heavy (non-hydrogen) atoms. The first-order valence-corrected chi connectivity index (χ1v) is 11.7. The number of rotatable bonds is 8. The van der Waals surface area contributed by atoms with E-state index in [1.807, 2.05) is 23.3 Å². The number of halogens is 3. The van der Waals surface area contributed by atoms with E-state index in [2.05, 4.69) is 15.4 Å². The molecule has 1 saturated carbocycles. The highest BCUT2D eigenvalue weighted by Gasteiger charge is 2.41. The van der Waals surface area contributed by atoms with Crippen LogP contribution in [0, 0.1) is 0 Å². The second kappa shape index (κ2) is 11.1. The van der Waals surface area contributed by atoms with Gasteiger partial charge >= 0.3 is 6.18 Å². The fourth-order valence-electron chi connectivity index (χ4n) is 4.57. The van der Waals surface area contributed by atoms with Gasteiger partial charge in [-0.05, 0) is 44.6 Å². The lowest BCUT2D eigenvalue weighted by molar-refractivity contribution is -0.138. The van der Waals surface area contributed by atoms with E-state index in [4.69, 9.17) is 9.47 Å². The topological polar surface area (TPSA) is 109 Å². The molecule has 0 radical (unpaired) electrons. The molecule has 2 N–H and O–H groups in total. The van der Waals surface area contributed by atoms with Gasteiger partial charge in [-0.2, -0.15) is 18.3 Å². The van der Waals surface area contributed by atoms with Crippen LogP contribution in [0.1, 0.15) is 50.5 Å². The minimum absolute atomic E-state index is 0.0468. The minimum atomic E-state index is -4.82. The van der Waals surface area contributed by atoms with Gasteiger partial charge in [0.15, 0.2) is 0 Å². The maximum absolute atomic E-state index is 13.4. The Morgan fingerprint density at radius 1 is 1.20 bits per heavy atom. The number of carbonyl (C=O) groups excluding carboxylic acids is 1. The molecule has 0 spiro atoms. The first-order chi connectivity index (χ1) is 16.8. The Bertz CT molecular complexity index is 1040. The third kappa shape index (κ3) is 6.50. The van der Waals surface area contributed by atoms with Crippen molar-refractivity contribution < 1.29 is 27.4 Å². The van der Waals surface area contributed by atoms with Crippen LogP contribution in [-0.4, -0.2) is 52.6 Å². The minimum Gasteiger partial charge on any atom is -0.474 e. The average molecular weight is 496 g/mol. The Labute approximate surface area is 200 Å². The summed E-state index contributed by atoms with van der Waals surface area (Å²) >= 11 is 0. The highest BCUT2D eigenvalue weighted by molar-refractivity contribution is 5.76. The summed E-state index contributed by atoms with van der Waals surface area (Å²) in [4.78, 5) is 29.7. The van der Waals surface area contributed by atoms with Crippen LogP contribution in [0.5, 0.6) is 5.88 Å². The molecule has 190 valence electrons. The summed E-state index contributed by atoms with van der Waals surface area (Å²) in [6.07, 6.45) is 1.63. The number of nitrogens with zero attached hydrogens (tertiary/aromatic N) is 3. The molecule has 12 heteroatoms. The van der Waals surface area contributed by atoms with Crippen molar-refractivity contribution >= 4 is 11.6 Å². The molecule has 2 fully saturated rings. The van der Waals surface area contributed by atoms with Gasteiger partial charge in [0.2, 0.25) is 11.8 Å². The number of amides is 1. The zero-order valence-electron chi connectivity index (χ0n) is 19.1. The fraction of sp³-hybridized carbons (Fsp3) is 0.565. The molecule has 1 amide bonds. The van der Waals surface area contributed by atoms with E-state index in [1.165, 1.54) is 4.90 Å². The van der Waals surface area contributed by atoms with Gasteiger partial charge in [0, 0.05) is 24.8 Å².